The lowest BCUT2D eigenvalue weighted by molar-refractivity contribution is -0.137. The Labute approximate surface area is 263 Å². The van der Waals surface area contributed by atoms with E-state index in [0.29, 0.717) is 16.8 Å². The molecule has 3 aromatic carbocycles. The van der Waals surface area contributed by atoms with Gasteiger partial charge >= 0.3 is 12.2 Å². The van der Waals surface area contributed by atoms with Gasteiger partial charge in [-0.15, -0.1) is 5.10 Å². The van der Waals surface area contributed by atoms with Gasteiger partial charge in [-0.05, 0) is 84.0 Å². The molecule has 0 fully saturated rings. The Balaban J connectivity index is 1.27. The van der Waals surface area contributed by atoms with Gasteiger partial charge in [0.2, 0.25) is 0 Å². The van der Waals surface area contributed by atoms with Gasteiger partial charge in [0, 0.05) is 16.8 Å². The number of allylic oxidation sites excluding steroid dienone is 2. The summed E-state index contributed by atoms with van der Waals surface area (Å²) >= 11 is 0.897. The number of halogens is 4. The number of amides is 3. The Morgan fingerprint density at radius 1 is 1.00 bits per heavy atom. The number of carbonyl (C=O) groups excluding carboxylic acids is 2. The number of aromatic amines is 1. The molecule has 0 radical (unpaired) electrons. The predicted molar refractivity (Wildman–Crippen MR) is 166 cm³/mol. The van der Waals surface area contributed by atoms with Gasteiger partial charge in [-0.3, -0.25) is 20.3 Å². The van der Waals surface area contributed by atoms with Crippen LogP contribution in [-0.4, -0.2) is 37.5 Å². The number of rotatable bonds is 8. The van der Waals surface area contributed by atoms with Crippen LogP contribution in [0.4, 0.5) is 39.1 Å². The SMILES string of the molecule is O=C(Nc1nn[nH]n1)c1ccc(CN(C(=O)Nc2nc3cc(C(F)(F)F)cc(CF)c3s2)c2ccc(C3=CCCCC3)cc2)cc1. The molecule has 1 aliphatic rings. The molecule has 3 amide bonds. The highest BCUT2D eigenvalue weighted by Gasteiger charge is 2.32. The van der Waals surface area contributed by atoms with Crippen molar-refractivity contribution in [3.63, 3.8) is 0 Å². The highest BCUT2D eigenvalue weighted by molar-refractivity contribution is 7.22. The van der Waals surface area contributed by atoms with Crippen LogP contribution in [0.25, 0.3) is 15.8 Å². The summed E-state index contributed by atoms with van der Waals surface area (Å²) in [7, 11) is 0. The Hall–Kier alpha value is -5.18. The van der Waals surface area contributed by atoms with Gasteiger partial charge in [0.1, 0.15) is 6.67 Å². The van der Waals surface area contributed by atoms with Crippen LogP contribution in [0.5, 0.6) is 0 Å². The van der Waals surface area contributed by atoms with Gasteiger partial charge < -0.3 is 0 Å². The summed E-state index contributed by atoms with van der Waals surface area (Å²) in [6.07, 6.45) is 1.81. The standard InChI is InChI=1S/C31H26F4N8O2S/c32-16-22-14-23(31(33,34)35)15-25-26(22)46-29(36-25)38-30(45)43(24-12-10-20(11-13-24)19-4-2-1-3-5-19)17-18-6-8-21(9-7-18)27(44)37-28-39-41-42-40-28/h4,6-15H,1-3,5,16-17H2,(H,36,38,45)(H2,37,39,40,41,42,44). The molecule has 2 aromatic heterocycles. The molecule has 1 aliphatic carbocycles. The van der Waals surface area contributed by atoms with Crippen molar-refractivity contribution >= 4 is 55.8 Å². The van der Waals surface area contributed by atoms with Crippen molar-refractivity contribution in [1.29, 1.82) is 0 Å². The number of thiazole rings is 1. The van der Waals surface area contributed by atoms with Crippen LogP contribution >= 0.6 is 11.3 Å². The number of urea groups is 1. The first kappa shape index (κ1) is 30.8. The Bertz CT molecular complexity index is 1890. The minimum Gasteiger partial charge on any atom is -0.290 e. The number of nitrogens with zero attached hydrogens (tertiary/aromatic N) is 5. The minimum absolute atomic E-state index is 0.0208. The molecule has 10 nitrogen and oxygen atoms in total. The molecule has 0 atom stereocenters. The van der Waals surface area contributed by atoms with Gasteiger partial charge in [0.15, 0.2) is 5.13 Å². The van der Waals surface area contributed by atoms with E-state index in [1.54, 1.807) is 24.3 Å². The second kappa shape index (κ2) is 13.0. The summed E-state index contributed by atoms with van der Waals surface area (Å²) in [6.45, 7) is -1.03. The summed E-state index contributed by atoms with van der Waals surface area (Å²) in [5.74, 6) is -0.431. The molecule has 0 saturated heterocycles. The molecule has 0 aliphatic heterocycles. The fourth-order valence-electron chi connectivity index (χ4n) is 5.15. The van der Waals surface area contributed by atoms with E-state index in [0.717, 1.165) is 54.7 Å². The van der Waals surface area contributed by atoms with Crippen LogP contribution in [0.2, 0.25) is 0 Å². The number of nitrogens with one attached hydrogen (secondary N) is 3. The number of H-pyrrole nitrogens is 1. The molecule has 2 heterocycles. The van der Waals surface area contributed by atoms with Crippen molar-refractivity contribution in [3.05, 3.63) is 94.6 Å². The fourth-order valence-corrected chi connectivity index (χ4v) is 6.08. The van der Waals surface area contributed by atoms with Crippen LogP contribution in [0.1, 0.15) is 58.3 Å². The van der Waals surface area contributed by atoms with E-state index in [1.165, 1.54) is 10.5 Å². The zero-order valence-electron chi connectivity index (χ0n) is 24.1. The molecule has 0 saturated carbocycles. The average molecular weight is 651 g/mol. The van der Waals surface area contributed by atoms with Gasteiger partial charge in [-0.2, -0.15) is 18.4 Å². The maximum Gasteiger partial charge on any atom is 0.416 e. The van der Waals surface area contributed by atoms with Crippen LogP contribution in [0.15, 0.2) is 66.7 Å². The largest absolute Gasteiger partial charge is 0.416 e. The van der Waals surface area contributed by atoms with Crippen LogP contribution in [0, 0.1) is 0 Å². The van der Waals surface area contributed by atoms with Crippen molar-refractivity contribution in [3.8, 4) is 0 Å². The second-order valence-corrected chi connectivity index (χ2v) is 11.6. The average Bonchev–Trinajstić information content (AvgIpc) is 3.73. The smallest absolute Gasteiger partial charge is 0.290 e. The highest BCUT2D eigenvalue weighted by Crippen LogP contribution is 2.37. The van der Waals surface area contributed by atoms with E-state index in [1.807, 2.05) is 24.3 Å². The normalized spacial score (nSPS) is 13.3. The lowest BCUT2D eigenvalue weighted by Crippen LogP contribution is -2.34. The zero-order valence-corrected chi connectivity index (χ0v) is 24.9. The Morgan fingerprint density at radius 2 is 1.78 bits per heavy atom. The molecular formula is C31H26F4N8O2S. The van der Waals surface area contributed by atoms with E-state index in [-0.39, 0.29) is 33.4 Å². The van der Waals surface area contributed by atoms with Crippen molar-refractivity contribution in [1.82, 2.24) is 25.6 Å². The van der Waals surface area contributed by atoms with Gasteiger partial charge in [0.25, 0.3) is 11.9 Å². The van der Waals surface area contributed by atoms with E-state index in [9.17, 15) is 27.2 Å². The van der Waals surface area contributed by atoms with Crippen molar-refractivity contribution in [2.75, 3.05) is 15.5 Å². The summed E-state index contributed by atoms with van der Waals surface area (Å²) in [6, 6.07) is 15.1. The number of aromatic nitrogens is 5. The summed E-state index contributed by atoms with van der Waals surface area (Å²) < 4.78 is 54.1. The number of benzene rings is 3. The molecular weight excluding hydrogens is 624 g/mol. The molecule has 15 heteroatoms. The summed E-state index contributed by atoms with van der Waals surface area (Å²) in [5.41, 5.74) is 2.65. The number of hydrogen-bond acceptors (Lipinski definition) is 7. The molecule has 3 N–H and O–H groups in total. The third-order valence-electron chi connectivity index (χ3n) is 7.47. The van der Waals surface area contributed by atoms with Gasteiger partial charge in [0.05, 0.1) is 22.3 Å². The first-order valence-electron chi connectivity index (χ1n) is 14.3. The quantitative estimate of drug-likeness (QED) is 0.147. The zero-order chi connectivity index (χ0) is 32.3. The Morgan fingerprint density at radius 3 is 2.43 bits per heavy atom. The number of anilines is 3. The predicted octanol–water partition coefficient (Wildman–Crippen LogP) is 7.75. The fraction of sp³-hybridized carbons (Fsp3) is 0.226. The lowest BCUT2D eigenvalue weighted by Gasteiger charge is -2.23. The van der Waals surface area contributed by atoms with Crippen LogP contribution in [0.3, 0.4) is 0 Å². The van der Waals surface area contributed by atoms with Crippen LogP contribution in [-0.2, 0) is 19.4 Å². The second-order valence-electron chi connectivity index (χ2n) is 10.6. The molecule has 46 heavy (non-hydrogen) atoms. The van der Waals surface area contributed by atoms with E-state index >= 15 is 0 Å². The number of fused-ring (bicyclic) bond motifs is 1. The van der Waals surface area contributed by atoms with E-state index in [4.69, 9.17) is 0 Å². The van der Waals surface area contributed by atoms with E-state index < -0.39 is 30.4 Å². The maximum atomic E-state index is 13.7. The van der Waals surface area contributed by atoms with Crippen molar-refractivity contribution in [2.24, 2.45) is 0 Å². The van der Waals surface area contributed by atoms with Crippen molar-refractivity contribution < 1.29 is 27.2 Å². The lowest BCUT2D eigenvalue weighted by atomic mass is 9.93. The first-order chi connectivity index (χ1) is 22.2. The number of carbonyl (C=O) groups is 2. The third kappa shape index (κ3) is 6.88. The van der Waals surface area contributed by atoms with Crippen LogP contribution < -0.4 is 15.5 Å². The molecule has 6 rings (SSSR count). The van der Waals surface area contributed by atoms with E-state index in [2.05, 4.69) is 42.3 Å². The van der Waals surface area contributed by atoms with Crippen molar-refractivity contribution in [2.45, 2.75) is 45.1 Å². The molecule has 0 spiro atoms. The van der Waals surface area contributed by atoms with Gasteiger partial charge in [-0.1, -0.05) is 46.8 Å². The summed E-state index contributed by atoms with van der Waals surface area (Å²) in [5, 5.41) is 18.2. The van der Waals surface area contributed by atoms with Gasteiger partial charge in [-0.25, -0.2) is 14.2 Å². The number of hydrogen-bond donors (Lipinski definition) is 3. The first-order valence-corrected chi connectivity index (χ1v) is 15.1. The monoisotopic (exact) mass is 650 g/mol. The highest BCUT2D eigenvalue weighted by atomic mass is 32.1. The topological polar surface area (TPSA) is 129 Å². The molecule has 0 bridgehead atoms. The molecule has 0 unspecified atom stereocenters. The summed E-state index contributed by atoms with van der Waals surface area (Å²) in [4.78, 5) is 31.9. The minimum atomic E-state index is -4.68. The Kier molecular flexibility index (Phi) is 8.74. The number of tetrazole rings is 1. The maximum absolute atomic E-state index is 13.7. The number of alkyl halides is 4. The molecule has 5 aromatic rings. The molecule has 236 valence electrons. The third-order valence-corrected chi connectivity index (χ3v) is 8.53.